The van der Waals surface area contributed by atoms with Gasteiger partial charge in [-0.1, -0.05) is 79.1 Å². The molecule has 0 aromatic rings. The second-order valence-corrected chi connectivity index (χ2v) is 5.95. The van der Waals surface area contributed by atoms with Crippen molar-refractivity contribution in [2.24, 2.45) is 0 Å². The maximum Gasteiger partial charge on any atom is 0.0594 e. The molecule has 0 atom stereocenters. The summed E-state index contributed by atoms with van der Waals surface area (Å²) in [6.45, 7) is 16.4. The van der Waals surface area contributed by atoms with E-state index in [9.17, 15) is 0 Å². The number of rotatable bonds is 6. The smallest absolute Gasteiger partial charge is 0.0594 e. The van der Waals surface area contributed by atoms with Crippen LogP contribution in [0.2, 0.25) is 0 Å². The van der Waals surface area contributed by atoms with Gasteiger partial charge in [0.2, 0.25) is 0 Å². The third kappa shape index (κ3) is 82.9. The highest BCUT2D eigenvalue weighted by Gasteiger charge is 2.03. The number of methoxy groups -OCH3 is 1. The van der Waals surface area contributed by atoms with Crippen molar-refractivity contribution in [3.05, 3.63) is 0 Å². The summed E-state index contributed by atoms with van der Waals surface area (Å²) in [5, 5.41) is 7.32. The Bertz CT molecular complexity index is 161. The number of ether oxygens (including phenoxy) is 1. The molecule has 130 valence electrons. The van der Waals surface area contributed by atoms with Crippen LogP contribution in [0, 0.1) is 11.3 Å². The number of unbranched alkanes of at least 4 members (excludes halogenated alkanes) is 6. The Hall–Kier alpha value is -0.550. The SMILES string of the molecule is CC#N.CCCCCC.CCCCCC.COC(C)(C)C. The highest BCUT2D eigenvalue weighted by molar-refractivity contribution is 4.55. The van der Waals surface area contributed by atoms with Crippen LogP contribution in [0.1, 0.15) is 107 Å². The van der Waals surface area contributed by atoms with Crippen molar-refractivity contribution in [2.75, 3.05) is 7.11 Å². The van der Waals surface area contributed by atoms with Crippen molar-refractivity contribution < 1.29 is 4.74 Å². The topological polar surface area (TPSA) is 33.0 Å². The molecular formula is C19H43NO. The fraction of sp³-hybridized carbons (Fsp3) is 0.947. The van der Waals surface area contributed by atoms with E-state index in [4.69, 9.17) is 10.00 Å². The van der Waals surface area contributed by atoms with Crippen molar-refractivity contribution in [1.29, 1.82) is 5.26 Å². The molecule has 0 saturated carbocycles. The first kappa shape index (κ1) is 28.6. The molecule has 0 aromatic heterocycles. The Morgan fingerprint density at radius 2 is 0.905 bits per heavy atom. The van der Waals surface area contributed by atoms with Gasteiger partial charge in [0.1, 0.15) is 0 Å². The average Bonchev–Trinajstić information content (AvgIpc) is 2.44. The predicted octanol–water partition coefficient (Wildman–Crippen LogP) is 7.13. The Morgan fingerprint density at radius 1 is 0.762 bits per heavy atom. The summed E-state index contributed by atoms with van der Waals surface area (Å²) in [7, 11) is 1.71. The lowest BCUT2D eigenvalue weighted by Crippen LogP contribution is -2.15. The zero-order valence-corrected chi connectivity index (χ0v) is 16.5. The summed E-state index contributed by atoms with van der Waals surface area (Å²) in [5.41, 5.74) is 0.0417. The summed E-state index contributed by atoms with van der Waals surface area (Å²) in [4.78, 5) is 0. The second kappa shape index (κ2) is 27.7. The van der Waals surface area contributed by atoms with Crippen LogP contribution in [0.25, 0.3) is 0 Å². The van der Waals surface area contributed by atoms with Crippen molar-refractivity contribution in [2.45, 2.75) is 112 Å². The second-order valence-electron chi connectivity index (χ2n) is 5.95. The van der Waals surface area contributed by atoms with E-state index in [1.807, 2.05) is 20.8 Å². The zero-order valence-electron chi connectivity index (χ0n) is 16.5. The van der Waals surface area contributed by atoms with Crippen LogP contribution in [0.4, 0.5) is 0 Å². The van der Waals surface area contributed by atoms with Crippen LogP contribution in [-0.4, -0.2) is 12.7 Å². The molecule has 0 heterocycles. The average molecular weight is 302 g/mol. The molecule has 21 heavy (non-hydrogen) atoms. The standard InChI is InChI=1S/2C6H14.C5H12O.C2H3N/c2*1-3-5-6-4-2;1-5(2,3)6-4;1-2-3/h2*3-6H2,1-2H3;1-4H3;1H3. The number of hydrogen-bond donors (Lipinski definition) is 0. The summed E-state index contributed by atoms with van der Waals surface area (Å²) < 4.78 is 4.94. The molecule has 0 aromatic carbocycles. The van der Waals surface area contributed by atoms with Crippen LogP contribution in [-0.2, 0) is 4.74 Å². The van der Waals surface area contributed by atoms with Gasteiger partial charge >= 0.3 is 0 Å². The van der Waals surface area contributed by atoms with Gasteiger partial charge in [-0.3, -0.25) is 0 Å². The lowest BCUT2D eigenvalue weighted by Gasteiger charge is -2.14. The Morgan fingerprint density at radius 3 is 0.952 bits per heavy atom. The van der Waals surface area contributed by atoms with E-state index in [0.717, 1.165) is 0 Å². The molecule has 0 aliphatic rings. The molecule has 0 amide bonds. The zero-order chi connectivity index (χ0) is 17.6. The minimum absolute atomic E-state index is 0.0417. The van der Waals surface area contributed by atoms with Crippen molar-refractivity contribution in [3.63, 3.8) is 0 Å². The van der Waals surface area contributed by atoms with E-state index >= 15 is 0 Å². The minimum atomic E-state index is 0.0417. The van der Waals surface area contributed by atoms with E-state index in [0.29, 0.717) is 0 Å². The third-order valence-corrected chi connectivity index (χ3v) is 2.53. The first-order valence-electron chi connectivity index (χ1n) is 8.66. The van der Waals surface area contributed by atoms with Crippen LogP contribution in [0.5, 0.6) is 0 Å². The van der Waals surface area contributed by atoms with Gasteiger partial charge in [0.05, 0.1) is 11.7 Å². The van der Waals surface area contributed by atoms with Gasteiger partial charge in [0.15, 0.2) is 0 Å². The lowest BCUT2D eigenvalue weighted by atomic mass is 10.2. The van der Waals surface area contributed by atoms with Crippen LogP contribution in [0.3, 0.4) is 0 Å². The minimum Gasteiger partial charge on any atom is -0.379 e. The molecule has 0 rings (SSSR count). The molecule has 0 spiro atoms. The van der Waals surface area contributed by atoms with Gasteiger partial charge in [0, 0.05) is 14.0 Å². The summed E-state index contributed by atoms with van der Waals surface area (Å²) >= 11 is 0. The van der Waals surface area contributed by atoms with E-state index < -0.39 is 0 Å². The van der Waals surface area contributed by atoms with E-state index in [1.54, 1.807) is 13.2 Å². The van der Waals surface area contributed by atoms with E-state index in [1.165, 1.54) is 58.3 Å². The van der Waals surface area contributed by atoms with Gasteiger partial charge in [-0.05, 0) is 20.8 Å². The fourth-order valence-electron chi connectivity index (χ4n) is 1.000. The Balaban J connectivity index is -0.0000000944. The predicted molar refractivity (Wildman–Crippen MR) is 97.7 cm³/mol. The molecule has 0 aliphatic carbocycles. The Labute approximate surface area is 136 Å². The van der Waals surface area contributed by atoms with Crippen LogP contribution >= 0.6 is 0 Å². The first-order valence-corrected chi connectivity index (χ1v) is 8.66. The van der Waals surface area contributed by atoms with E-state index in [-0.39, 0.29) is 5.60 Å². The van der Waals surface area contributed by atoms with Crippen molar-refractivity contribution in [3.8, 4) is 6.07 Å². The van der Waals surface area contributed by atoms with Gasteiger partial charge in [-0.25, -0.2) is 0 Å². The van der Waals surface area contributed by atoms with Gasteiger partial charge in [-0.15, -0.1) is 0 Å². The van der Waals surface area contributed by atoms with Gasteiger partial charge in [-0.2, -0.15) is 5.26 Å². The molecule has 0 N–H and O–H groups in total. The normalized spacial score (nSPS) is 8.95. The highest BCUT2D eigenvalue weighted by atomic mass is 16.5. The molecular weight excluding hydrogens is 258 g/mol. The maximum atomic E-state index is 7.32. The highest BCUT2D eigenvalue weighted by Crippen LogP contribution is 2.02. The molecule has 0 bridgehead atoms. The molecule has 0 radical (unpaired) electrons. The third-order valence-electron chi connectivity index (χ3n) is 2.53. The molecule has 0 aliphatic heterocycles. The monoisotopic (exact) mass is 301 g/mol. The summed E-state index contributed by atoms with van der Waals surface area (Å²) in [6.07, 6.45) is 11.1. The fourth-order valence-corrected chi connectivity index (χ4v) is 1.000. The number of nitrogens with zero attached hydrogens (tertiary/aromatic N) is 1. The quantitative estimate of drug-likeness (QED) is 0.489. The molecule has 0 unspecified atom stereocenters. The molecule has 0 saturated heterocycles. The molecule has 0 fully saturated rings. The number of hydrogen-bond acceptors (Lipinski definition) is 2. The maximum absolute atomic E-state index is 7.32. The van der Waals surface area contributed by atoms with Crippen LogP contribution < -0.4 is 0 Å². The van der Waals surface area contributed by atoms with Crippen molar-refractivity contribution >= 4 is 0 Å². The lowest BCUT2D eigenvalue weighted by molar-refractivity contribution is 0.0397. The first-order chi connectivity index (χ1) is 9.80. The molecule has 2 heteroatoms. The molecule has 2 nitrogen and oxygen atoms in total. The Kier molecular flexibility index (Phi) is 37.8. The van der Waals surface area contributed by atoms with Gasteiger partial charge < -0.3 is 4.74 Å². The van der Waals surface area contributed by atoms with Gasteiger partial charge in [0.25, 0.3) is 0 Å². The summed E-state index contributed by atoms with van der Waals surface area (Å²) in [5.74, 6) is 0. The largest absolute Gasteiger partial charge is 0.379 e. The van der Waals surface area contributed by atoms with Crippen LogP contribution in [0.15, 0.2) is 0 Å². The summed E-state index contributed by atoms with van der Waals surface area (Å²) in [6, 6.07) is 1.75. The van der Waals surface area contributed by atoms with E-state index in [2.05, 4.69) is 27.7 Å². The number of nitriles is 1. The van der Waals surface area contributed by atoms with Crippen molar-refractivity contribution in [1.82, 2.24) is 0 Å².